The molecule has 1 aromatic carbocycles. The number of rotatable bonds is 2. The largest absolute Gasteiger partial charge is 0.268 e. The first-order chi connectivity index (χ1) is 8.10. The van der Waals surface area contributed by atoms with Gasteiger partial charge in [-0.2, -0.15) is 0 Å². The van der Waals surface area contributed by atoms with Crippen LogP contribution in [0.3, 0.4) is 0 Å². The molecule has 0 amide bonds. The summed E-state index contributed by atoms with van der Waals surface area (Å²) in [4.78, 5) is 12.7. The summed E-state index contributed by atoms with van der Waals surface area (Å²) in [6.07, 6.45) is 5.35. The highest BCUT2D eigenvalue weighted by atomic mass is 32.1. The highest BCUT2D eigenvalue weighted by molar-refractivity contribution is 7.06. The molecule has 0 radical (unpaired) electrons. The fourth-order valence-electron chi connectivity index (χ4n) is 1.72. The molecule has 17 heavy (non-hydrogen) atoms. The van der Waals surface area contributed by atoms with E-state index in [4.69, 9.17) is 6.42 Å². The van der Waals surface area contributed by atoms with Crippen LogP contribution in [-0.2, 0) is 6.54 Å². The Hall–Kier alpha value is -1.79. The molecule has 0 aliphatic carbocycles. The zero-order valence-electron chi connectivity index (χ0n) is 9.86. The predicted octanol–water partition coefficient (Wildman–Crippen LogP) is 2.56. The van der Waals surface area contributed by atoms with Gasteiger partial charge >= 0.3 is 0 Å². The summed E-state index contributed by atoms with van der Waals surface area (Å²) in [6.45, 7) is 4.58. The van der Waals surface area contributed by atoms with Gasteiger partial charge in [0.15, 0.2) is 0 Å². The molecular weight excluding hydrogens is 230 g/mol. The molecule has 2 nitrogen and oxygen atoms in total. The van der Waals surface area contributed by atoms with Gasteiger partial charge in [0, 0.05) is 16.5 Å². The molecule has 3 heteroatoms. The van der Waals surface area contributed by atoms with Crippen molar-refractivity contribution in [1.82, 2.24) is 3.96 Å². The molecule has 0 spiro atoms. The lowest BCUT2D eigenvalue weighted by Gasteiger charge is -2.06. The van der Waals surface area contributed by atoms with Crippen LogP contribution in [0.5, 0.6) is 0 Å². The van der Waals surface area contributed by atoms with Gasteiger partial charge in [-0.25, -0.2) is 0 Å². The average molecular weight is 243 g/mol. The third kappa shape index (κ3) is 2.48. The molecule has 0 bridgehead atoms. The fraction of sp³-hybridized carbons (Fsp3) is 0.214. The van der Waals surface area contributed by atoms with E-state index in [1.165, 1.54) is 11.5 Å². The Morgan fingerprint density at radius 2 is 2.12 bits per heavy atom. The van der Waals surface area contributed by atoms with Gasteiger partial charge in [-0.3, -0.25) is 8.75 Å². The molecule has 2 aromatic rings. The Labute approximate surface area is 105 Å². The van der Waals surface area contributed by atoms with E-state index >= 15 is 0 Å². The molecule has 86 valence electrons. The van der Waals surface area contributed by atoms with Crippen LogP contribution in [0, 0.1) is 26.2 Å². The van der Waals surface area contributed by atoms with Gasteiger partial charge in [-0.05, 0) is 37.1 Å². The molecule has 2 rings (SSSR count). The Bertz CT molecular complexity index is 643. The zero-order valence-corrected chi connectivity index (χ0v) is 10.7. The first-order valence-corrected chi connectivity index (χ1v) is 6.11. The van der Waals surface area contributed by atoms with Crippen molar-refractivity contribution < 1.29 is 0 Å². The minimum Gasteiger partial charge on any atom is -0.268 e. The molecule has 1 aromatic heterocycles. The number of aryl methyl sites for hydroxylation is 2. The van der Waals surface area contributed by atoms with Crippen LogP contribution >= 0.6 is 11.5 Å². The van der Waals surface area contributed by atoms with Crippen molar-refractivity contribution in [2.75, 3.05) is 0 Å². The molecule has 0 aliphatic heterocycles. The van der Waals surface area contributed by atoms with Gasteiger partial charge in [0.05, 0.1) is 6.54 Å². The first-order valence-electron chi connectivity index (χ1n) is 5.34. The van der Waals surface area contributed by atoms with E-state index in [1.807, 2.05) is 32.0 Å². The second-order valence-electron chi connectivity index (χ2n) is 4.01. The average Bonchev–Trinajstić information content (AvgIpc) is 2.60. The molecule has 0 fully saturated rings. The molecule has 0 saturated carbocycles. The molecule has 0 atom stereocenters. The molecule has 0 unspecified atom stereocenters. The number of benzene rings is 1. The van der Waals surface area contributed by atoms with E-state index in [0.717, 1.165) is 21.6 Å². The molecular formula is C14H13NOS. The van der Waals surface area contributed by atoms with Crippen LogP contribution in [0.15, 0.2) is 29.1 Å². The molecule has 0 aliphatic rings. The van der Waals surface area contributed by atoms with Crippen molar-refractivity contribution in [1.29, 1.82) is 0 Å². The van der Waals surface area contributed by atoms with Crippen LogP contribution in [-0.4, -0.2) is 3.96 Å². The van der Waals surface area contributed by atoms with Crippen molar-refractivity contribution >= 4 is 11.5 Å². The van der Waals surface area contributed by atoms with Gasteiger partial charge in [-0.15, -0.1) is 6.42 Å². The van der Waals surface area contributed by atoms with Crippen molar-refractivity contribution in [3.05, 3.63) is 56.2 Å². The summed E-state index contributed by atoms with van der Waals surface area (Å²) < 4.78 is 1.76. The summed E-state index contributed by atoms with van der Waals surface area (Å²) in [6, 6.07) is 7.54. The highest BCUT2D eigenvalue weighted by Crippen LogP contribution is 2.13. The Morgan fingerprint density at radius 3 is 2.65 bits per heavy atom. The topological polar surface area (TPSA) is 22.0 Å². The number of terminal acetylenes is 1. The number of aromatic nitrogens is 1. The third-order valence-corrected chi connectivity index (χ3v) is 3.59. The molecule has 0 saturated heterocycles. The summed E-state index contributed by atoms with van der Waals surface area (Å²) >= 11 is 1.49. The minimum absolute atomic E-state index is 0.0629. The van der Waals surface area contributed by atoms with Crippen LogP contribution in [0.2, 0.25) is 0 Å². The maximum atomic E-state index is 11.6. The van der Waals surface area contributed by atoms with Gasteiger partial charge < -0.3 is 0 Å². The quantitative estimate of drug-likeness (QED) is 0.743. The predicted molar refractivity (Wildman–Crippen MR) is 71.5 cm³/mol. The number of hydrogen-bond acceptors (Lipinski definition) is 2. The fourth-order valence-corrected chi connectivity index (χ4v) is 2.57. The van der Waals surface area contributed by atoms with E-state index in [9.17, 15) is 4.79 Å². The van der Waals surface area contributed by atoms with E-state index in [2.05, 4.69) is 5.92 Å². The van der Waals surface area contributed by atoms with Crippen LogP contribution in [0.25, 0.3) is 0 Å². The van der Waals surface area contributed by atoms with Crippen LogP contribution in [0.4, 0.5) is 0 Å². The van der Waals surface area contributed by atoms with Gasteiger partial charge in [0.2, 0.25) is 0 Å². The SMILES string of the molecule is C#Cc1ccc(Cn2sc(C)cc2=O)c(C)c1. The van der Waals surface area contributed by atoms with Crippen molar-refractivity contribution in [3.63, 3.8) is 0 Å². The lowest BCUT2D eigenvalue weighted by Crippen LogP contribution is -2.13. The van der Waals surface area contributed by atoms with Crippen molar-refractivity contribution in [2.24, 2.45) is 0 Å². The van der Waals surface area contributed by atoms with Crippen LogP contribution < -0.4 is 5.56 Å². The maximum absolute atomic E-state index is 11.6. The zero-order chi connectivity index (χ0) is 12.4. The van der Waals surface area contributed by atoms with E-state index < -0.39 is 0 Å². The first kappa shape index (κ1) is 11.7. The maximum Gasteiger partial charge on any atom is 0.261 e. The number of hydrogen-bond donors (Lipinski definition) is 0. The van der Waals surface area contributed by atoms with E-state index in [0.29, 0.717) is 6.54 Å². The molecule has 0 N–H and O–H groups in total. The standard InChI is InChI=1S/C14H13NOS/c1-4-12-5-6-13(10(2)7-12)9-15-14(16)8-11(3)17-15/h1,5-8H,9H2,2-3H3. The highest BCUT2D eigenvalue weighted by Gasteiger charge is 2.04. The third-order valence-electron chi connectivity index (χ3n) is 2.65. The summed E-state index contributed by atoms with van der Waals surface area (Å²) in [5.74, 6) is 2.61. The van der Waals surface area contributed by atoms with Gasteiger partial charge in [-0.1, -0.05) is 23.5 Å². The van der Waals surface area contributed by atoms with Crippen molar-refractivity contribution in [2.45, 2.75) is 20.4 Å². The second-order valence-corrected chi connectivity index (χ2v) is 5.27. The Morgan fingerprint density at radius 1 is 1.35 bits per heavy atom. The van der Waals surface area contributed by atoms with Gasteiger partial charge in [0.25, 0.3) is 5.56 Å². The van der Waals surface area contributed by atoms with Crippen molar-refractivity contribution in [3.8, 4) is 12.3 Å². The summed E-state index contributed by atoms with van der Waals surface area (Å²) in [7, 11) is 0. The lowest BCUT2D eigenvalue weighted by molar-refractivity contribution is 0.842. The van der Waals surface area contributed by atoms with Gasteiger partial charge in [0.1, 0.15) is 0 Å². The summed E-state index contributed by atoms with van der Waals surface area (Å²) in [5.41, 5.74) is 3.19. The Kier molecular flexibility index (Phi) is 3.16. The number of nitrogens with zero attached hydrogens (tertiary/aromatic N) is 1. The van der Waals surface area contributed by atoms with E-state index in [-0.39, 0.29) is 5.56 Å². The smallest absolute Gasteiger partial charge is 0.261 e. The Balaban J connectivity index is 2.34. The second kappa shape index (κ2) is 4.60. The van der Waals surface area contributed by atoms with E-state index in [1.54, 1.807) is 10.0 Å². The molecule has 1 heterocycles. The minimum atomic E-state index is 0.0629. The normalized spacial score (nSPS) is 10.2. The lowest BCUT2D eigenvalue weighted by atomic mass is 10.1. The summed E-state index contributed by atoms with van der Waals surface area (Å²) in [5, 5.41) is 0. The monoisotopic (exact) mass is 243 g/mol. The van der Waals surface area contributed by atoms with Crippen LogP contribution in [0.1, 0.15) is 21.6 Å².